The first-order chi connectivity index (χ1) is 13.9. The number of para-hydroxylation sites is 1. The number of carbonyl (C=O) groups excluding carboxylic acids is 2. The molecule has 2 rings (SSSR count). The standard InChI is InChI=1S/C23H31N3O3/c1-5-26(6-2)16-15-24-22(27)18-11-13-19(14-12-18)25-23(28)20-9-7-8-10-21(20)29-17(3)4/h7-14,17H,5-6,15-16H2,1-4H3,(H,24,27)(H,25,28). The van der Waals surface area contributed by atoms with Gasteiger partial charge in [-0.25, -0.2) is 0 Å². The Kier molecular flexibility index (Phi) is 8.68. The third-order valence-corrected chi connectivity index (χ3v) is 4.51. The minimum Gasteiger partial charge on any atom is -0.490 e. The minimum absolute atomic E-state index is 0.0246. The Hall–Kier alpha value is -2.86. The highest BCUT2D eigenvalue weighted by Crippen LogP contribution is 2.21. The van der Waals surface area contributed by atoms with E-state index in [0.29, 0.717) is 29.1 Å². The van der Waals surface area contributed by atoms with E-state index in [-0.39, 0.29) is 17.9 Å². The van der Waals surface area contributed by atoms with Crippen molar-refractivity contribution >= 4 is 17.5 Å². The van der Waals surface area contributed by atoms with E-state index in [1.807, 2.05) is 19.9 Å². The summed E-state index contributed by atoms with van der Waals surface area (Å²) in [6.45, 7) is 11.4. The number of rotatable bonds is 10. The van der Waals surface area contributed by atoms with Gasteiger partial charge in [0.25, 0.3) is 11.8 Å². The molecule has 0 spiro atoms. The van der Waals surface area contributed by atoms with E-state index in [9.17, 15) is 9.59 Å². The van der Waals surface area contributed by atoms with Gasteiger partial charge in [0.1, 0.15) is 5.75 Å². The second-order valence-electron chi connectivity index (χ2n) is 6.98. The van der Waals surface area contributed by atoms with Crippen molar-refractivity contribution in [3.05, 3.63) is 59.7 Å². The van der Waals surface area contributed by atoms with E-state index in [1.165, 1.54) is 0 Å². The predicted octanol–water partition coefficient (Wildman–Crippen LogP) is 3.80. The number of hydrogen-bond acceptors (Lipinski definition) is 4. The molecule has 0 radical (unpaired) electrons. The Balaban J connectivity index is 1.95. The van der Waals surface area contributed by atoms with Gasteiger partial charge in [0.05, 0.1) is 11.7 Å². The highest BCUT2D eigenvalue weighted by Gasteiger charge is 2.14. The van der Waals surface area contributed by atoms with E-state index in [1.54, 1.807) is 42.5 Å². The fourth-order valence-electron chi connectivity index (χ4n) is 2.88. The number of carbonyl (C=O) groups is 2. The number of amides is 2. The maximum Gasteiger partial charge on any atom is 0.259 e. The molecule has 2 aromatic carbocycles. The lowest BCUT2D eigenvalue weighted by Gasteiger charge is -2.18. The Bertz CT molecular complexity index is 799. The van der Waals surface area contributed by atoms with Crippen molar-refractivity contribution in [3.8, 4) is 5.75 Å². The average molecular weight is 398 g/mol. The molecule has 0 aliphatic rings. The summed E-state index contributed by atoms with van der Waals surface area (Å²) in [6.07, 6.45) is -0.0246. The van der Waals surface area contributed by atoms with Crippen LogP contribution in [0.1, 0.15) is 48.4 Å². The minimum atomic E-state index is -0.252. The van der Waals surface area contributed by atoms with Crippen molar-refractivity contribution in [2.24, 2.45) is 0 Å². The summed E-state index contributed by atoms with van der Waals surface area (Å²) in [4.78, 5) is 27.1. The number of hydrogen-bond donors (Lipinski definition) is 2. The molecule has 6 heteroatoms. The van der Waals surface area contributed by atoms with Crippen LogP contribution in [0, 0.1) is 0 Å². The molecule has 0 heterocycles. The van der Waals surface area contributed by atoms with Gasteiger partial charge in [0.15, 0.2) is 0 Å². The highest BCUT2D eigenvalue weighted by molar-refractivity contribution is 6.06. The number of ether oxygens (including phenoxy) is 1. The number of benzene rings is 2. The molecule has 2 aromatic rings. The van der Waals surface area contributed by atoms with Crippen LogP contribution in [0.15, 0.2) is 48.5 Å². The van der Waals surface area contributed by atoms with Crippen molar-refractivity contribution in [1.29, 1.82) is 0 Å². The Morgan fingerprint density at radius 1 is 0.966 bits per heavy atom. The van der Waals surface area contributed by atoms with Crippen LogP contribution in [0.5, 0.6) is 5.75 Å². The monoisotopic (exact) mass is 397 g/mol. The van der Waals surface area contributed by atoms with E-state index >= 15 is 0 Å². The zero-order chi connectivity index (χ0) is 21.2. The van der Waals surface area contributed by atoms with Gasteiger partial charge in [-0.2, -0.15) is 0 Å². The molecule has 0 saturated carbocycles. The molecule has 0 aliphatic heterocycles. The van der Waals surface area contributed by atoms with Gasteiger partial charge in [-0.3, -0.25) is 9.59 Å². The first-order valence-electron chi connectivity index (χ1n) is 10.1. The zero-order valence-corrected chi connectivity index (χ0v) is 17.7. The highest BCUT2D eigenvalue weighted by atomic mass is 16.5. The summed E-state index contributed by atoms with van der Waals surface area (Å²) < 4.78 is 5.71. The van der Waals surface area contributed by atoms with Gasteiger partial charge < -0.3 is 20.3 Å². The lowest BCUT2D eigenvalue weighted by atomic mass is 10.1. The van der Waals surface area contributed by atoms with Crippen molar-refractivity contribution in [3.63, 3.8) is 0 Å². The normalized spacial score (nSPS) is 10.8. The van der Waals surface area contributed by atoms with Gasteiger partial charge >= 0.3 is 0 Å². The van der Waals surface area contributed by atoms with Crippen LogP contribution in [0.2, 0.25) is 0 Å². The zero-order valence-electron chi connectivity index (χ0n) is 17.7. The topological polar surface area (TPSA) is 70.7 Å². The summed E-state index contributed by atoms with van der Waals surface area (Å²) in [6, 6.07) is 14.0. The molecule has 29 heavy (non-hydrogen) atoms. The summed E-state index contributed by atoms with van der Waals surface area (Å²) >= 11 is 0. The van der Waals surface area contributed by atoms with E-state index in [2.05, 4.69) is 29.4 Å². The summed E-state index contributed by atoms with van der Waals surface area (Å²) in [5.41, 5.74) is 1.65. The van der Waals surface area contributed by atoms with E-state index in [4.69, 9.17) is 4.74 Å². The molecule has 0 unspecified atom stereocenters. The van der Waals surface area contributed by atoms with Crippen LogP contribution in [0.25, 0.3) is 0 Å². The summed E-state index contributed by atoms with van der Waals surface area (Å²) in [5.74, 6) is 0.174. The van der Waals surface area contributed by atoms with Crippen LogP contribution in [-0.2, 0) is 0 Å². The third kappa shape index (κ3) is 6.91. The number of nitrogens with one attached hydrogen (secondary N) is 2. The fraction of sp³-hybridized carbons (Fsp3) is 0.391. The van der Waals surface area contributed by atoms with Crippen molar-refractivity contribution in [2.45, 2.75) is 33.8 Å². The summed E-state index contributed by atoms with van der Waals surface area (Å²) in [5, 5.41) is 5.78. The van der Waals surface area contributed by atoms with Crippen LogP contribution in [0.4, 0.5) is 5.69 Å². The molecule has 0 fully saturated rings. The lowest BCUT2D eigenvalue weighted by Crippen LogP contribution is -2.34. The van der Waals surface area contributed by atoms with Crippen LogP contribution in [-0.4, -0.2) is 49.0 Å². The van der Waals surface area contributed by atoms with Gasteiger partial charge in [-0.1, -0.05) is 26.0 Å². The molecule has 0 saturated heterocycles. The van der Waals surface area contributed by atoms with E-state index in [0.717, 1.165) is 19.6 Å². The number of anilines is 1. The van der Waals surface area contributed by atoms with Crippen LogP contribution in [0.3, 0.4) is 0 Å². The lowest BCUT2D eigenvalue weighted by molar-refractivity contribution is 0.0948. The fourth-order valence-corrected chi connectivity index (χ4v) is 2.88. The third-order valence-electron chi connectivity index (χ3n) is 4.51. The largest absolute Gasteiger partial charge is 0.490 e. The van der Waals surface area contributed by atoms with E-state index < -0.39 is 0 Å². The molecule has 0 aromatic heterocycles. The summed E-state index contributed by atoms with van der Waals surface area (Å²) in [7, 11) is 0. The average Bonchev–Trinajstić information content (AvgIpc) is 2.71. The first kappa shape index (κ1) is 22.4. The molecule has 0 bridgehead atoms. The predicted molar refractivity (Wildman–Crippen MR) is 117 cm³/mol. The second-order valence-corrected chi connectivity index (χ2v) is 6.98. The molecule has 0 atom stereocenters. The number of likely N-dealkylation sites (N-methyl/N-ethyl adjacent to an activating group) is 1. The number of nitrogens with zero attached hydrogens (tertiary/aromatic N) is 1. The van der Waals surface area contributed by atoms with Crippen molar-refractivity contribution in [2.75, 3.05) is 31.5 Å². The molecule has 6 nitrogen and oxygen atoms in total. The SMILES string of the molecule is CCN(CC)CCNC(=O)c1ccc(NC(=O)c2ccccc2OC(C)C)cc1. The van der Waals surface area contributed by atoms with Gasteiger partial charge in [0.2, 0.25) is 0 Å². The van der Waals surface area contributed by atoms with Crippen LogP contribution >= 0.6 is 0 Å². The van der Waals surface area contributed by atoms with Gasteiger partial charge in [-0.05, 0) is 63.3 Å². The smallest absolute Gasteiger partial charge is 0.259 e. The van der Waals surface area contributed by atoms with Crippen molar-refractivity contribution < 1.29 is 14.3 Å². The Morgan fingerprint density at radius 2 is 1.62 bits per heavy atom. The van der Waals surface area contributed by atoms with Crippen molar-refractivity contribution in [1.82, 2.24) is 10.2 Å². The van der Waals surface area contributed by atoms with Gasteiger partial charge in [0, 0.05) is 24.3 Å². The second kappa shape index (κ2) is 11.2. The molecule has 2 N–H and O–H groups in total. The molecular formula is C23H31N3O3. The molecular weight excluding hydrogens is 366 g/mol. The Morgan fingerprint density at radius 3 is 2.24 bits per heavy atom. The molecule has 0 aliphatic carbocycles. The quantitative estimate of drug-likeness (QED) is 0.640. The van der Waals surface area contributed by atoms with Crippen LogP contribution < -0.4 is 15.4 Å². The van der Waals surface area contributed by atoms with Gasteiger partial charge in [-0.15, -0.1) is 0 Å². The Labute approximate surface area is 173 Å². The maximum atomic E-state index is 12.6. The first-order valence-corrected chi connectivity index (χ1v) is 10.1. The molecule has 156 valence electrons. The molecule has 2 amide bonds. The maximum absolute atomic E-state index is 12.6.